The van der Waals surface area contributed by atoms with Crippen LogP contribution in [0.5, 0.6) is 0 Å². The molecule has 0 unspecified atom stereocenters. The average Bonchev–Trinajstić information content (AvgIpc) is 3.26. The van der Waals surface area contributed by atoms with Gasteiger partial charge in [-0.3, -0.25) is 19.3 Å². The number of fused-ring (bicyclic) bond motifs is 1. The van der Waals surface area contributed by atoms with E-state index in [-0.39, 0.29) is 12.5 Å². The van der Waals surface area contributed by atoms with E-state index in [0.717, 1.165) is 32.3 Å². The predicted molar refractivity (Wildman–Crippen MR) is 116 cm³/mol. The van der Waals surface area contributed by atoms with Crippen LogP contribution in [-0.4, -0.2) is 40.7 Å². The van der Waals surface area contributed by atoms with E-state index in [2.05, 4.69) is 10.3 Å². The van der Waals surface area contributed by atoms with Crippen molar-refractivity contribution >= 4 is 29.1 Å². The van der Waals surface area contributed by atoms with Gasteiger partial charge in [-0.2, -0.15) is 0 Å². The maximum atomic E-state index is 12.5. The zero-order chi connectivity index (χ0) is 21.3. The standard InChI is InChI=1S/C23H21N3O3S/c1-14-3-8-18-19(11-14)23(29)26(22(18)28)12-21(27)24-10-9-16-4-6-17(7-5-16)20-13-30-15(2)25-20/h3-8,11,13H,9-10,12H2,1-2H3,(H,24,27). The number of carbonyl (C=O) groups excluding carboxylic acids is 3. The maximum Gasteiger partial charge on any atom is 0.262 e. The molecule has 30 heavy (non-hydrogen) atoms. The van der Waals surface area contributed by atoms with E-state index in [1.54, 1.807) is 29.5 Å². The summed E-state index contributed by atoms with van der Waals surface area (Å²) in [4.78, 5) is 42.6. The number of aryl methyl sites for hydroxylation is 2. The van der Waals surface area contributed by atoms with Crippen LogP contribution in [0.3, 0.4) is 0 Å². The van der Waals surface area contributed by atoms with Gasteiger partial charge in [0.25, 0.3) is 11.8 Å². The molecule has 0 atom stereocenters. The van der Waals surface area contributed by atoms with E-state index in [0.29, 0.717) is 24.1 Å². The smallest absolute Gasteiger partial charge is 0.262 e. The summed E-state index contributed by atoms with van der Waals surface area (Å²) in [6, 6.07) is 13.2. The Morgan fingerprint density at radius 3 is 2.47 bits per heavy atom. The molecule has 0 radical (unpaired) electrons. The van der Waals surface area contributed by atoms with Crippen LogP contribution in [0.4, 0.5) is 0 Å². The number of benzene rings is 2. The summed E-state index contributed by atoms with van der Waals surface area (Å²) in [7, 11) is 0. The summed E-state index contributed by atoms with van der Waals surface area (Å²) in [5.74, 6) is -1.18. The number of imide groups is 1. The fourth-order valence-corrected chi connectivity index (χ4v) is 4.05. The highest BCUT2D eigenvalue weighted by Crippen LogP contribution is 2.24. The molecular weight excluding hydrogens is 398 g/mol. The van der Waals surface area contributed by atoms with Crippen molar-refractivity contribution in [2.45, 2.75) is 20.3 Å². The van der Waals surface area contributed by atoms with Gasteiger partial charge in [0.1, 0.15) is 6.54 Å². The van der Waals surface area contributed by atoms with E-state index in [1.807, 2.05) is 43.5 Å². The molecule has 2 aromatic carbocycles. The third-order valence-electron chi connectivity index (χ3n) is 5.03. The Balaban J connectivity index is 1.29. The summed E-state index contributed by atoms with van der Waals surface area (Å²) < 4.78 is 0. The lowest BCUT2D eigenvalue weighted by Crippen LogP contribution is -2.40. The van der Waals surface area contributed by atoms with Crippen LogP contribution in [0.2, 0.25) is 0 Å². The lowest BCUT2D eigenvalue weighted by atomic mass is 10.1. The predicted octanol–water partition coefficient (Wildman–Crippen LogP) is 3.38. The van der Waals surface area contributed by atoms with Crippen molar-refractivity contribution in [3.63, 3.8) is 0 Å². The van der Waals surface area contributed by atoms with Gasteiger partial charge in [0.15, 0.2) is 0 Å². The van der Waals surface area contributed by atoms with Crippen LogP contribution in [-0.2, 0) is 11.2 Å². The normalized spacial score (nSPS) is 12.9. The van der Waals surface area contributed by atoms with Crippen molar-refractivity contribution in [2.75, 3.05) is 13.1 Å². The number of amides is 3. The van der Waals surface area contributed by atoms with E-state index >= 15 is 0 Å². The highest BCUT2D eigenvalue weighted by Gasteiger charge is 2.36. The third kappa shape index (κ3) is 4.02. The Morgan fingerprint density at radius 2 is 1.77 bits per heavy atom. The molecule has 1 aliphatic heterocycles. The number of nitrogens with zero attached hydrogens (tertiary/aromatic N) is 2. The van der Waals surface area contributed by atoms with Gasteiger partial charge in [-0.15, -0.1) is 11.3 Å². The molecule has 3 aromatic rings. The highest BCUT2D eigenvalue weighted by atomic mass is 32.1. The molecule has 0 aliphatic carbocycles. The zero-order valence-corrected chi connectivity index (χ0v) is 17.6. The number of aromatic nitrogens is 1. The van der Waals surface area contributed by atoms with Gasteiger partial charge in [0.05, 0.1) is 21.8 Å². The van der Waals surface area contributed by atoms with Crippen molar-refractivity contribution in [1.82, 2.24) is 15.2 Å². The molecule has 3 amide bonds. The van der Waals surface area contributed by atoms with E-state index in [1.165, 1.54) is 0 Å². The second kappa shape index (κ2) is 8.20. The largest absolute Gasteiger partial charge is 0.354 e. The van der Waals surface area contributed by atoms with Gasteiger partial charge in [0, 0.05) is 17.5 Å². The molecule has 6 nitrogen and oxygen atoms in total. The first-order valence-electron chi connectivity index (χ1n) is 9.67. The molecule has 0 saturated heterocycles. The Kier molecular flexibility index (Phi) is 5.46. The van der Waals surface area contributed by atoms with Gasteiger partial charge >= 0.3 is 0 Å². The number of hydrogen-bond acceptors (Lipinski definition) is 5. The average molecular weight is 420 g/mol. The molecule has 0 fully saturated rings. The topological polar surface area (TPSA) is 79.4 Å². The zero-order valence-electron chi connectivity index (χ0n) is 16.8. The number of nitrogens with one attached hydrogen (secondary N) is 1. The SMILES string of the molecule is Cc1ccc2c(c1)C(=O)N(CC(=O)NCCc1ccc(-c3csc(C)n3)cc1)C2=O. The molecule has 0 bridgehead atoms. The minimum absolute atomic E-state index is 0.270. The lowest BCUT2D eigenvalue weighted by Gasteiger charge is -2.13. The Bertz CT molecular complexity index is 1130. The number of rotatable bonds is 6. The summed E-state index contributed by atoms with van der Waals surface area (Å²) in [5.41, 5.74) is 4.73. The van der Waals surface area contributed by atoms with Crippen molar-refractivity contribution in [3.05, 3.63) is 75.1 Å². The lowest BCUT2D eigenvalue weighted by molar-refractivity contribution is -0.121. The molecule has 152 valence electrons. The number of thiazole rings is 1. The monoisotopic (exact) mass is 419 g/mol. The second-order valence-electron chi connectivity index (χ2n) is 7.29. The van der Waals surface area contributed by atoms with Crippen molar-refractivity contribution in [1.29, 1.82) is 0 Å². The van der Waals surface area contributed by atoms with Crippen LogP contribution in [0, 0.1) is 13.8 Å². The second-order valence-corrected chi connectivity index (χ2v) is 8.36. The van der Waals surface area contributed by atoms with Crippen LogP contribution in [0.15, 0.2) is 47.8 Å². The first kappa shape index (κ1) is 20.0. The van der Waals surface area contributed by atoms with Gasteiger partial charge in [-0.05, 0) is 38.0 Å². The van der Waals surface area contributed by atoms with E-state index in [4.69, 9.17) is 0 Å². The van der Waals surface area contributed by atoms with E-state index in [9.17, 15) is 14.4 Å². The fourth-order valence-electron chi connectivity index (χ4n) is 3.43. The molecule has 0 spiro atoms. The first-order valence-corrected chi connectivity index (χ1v) is 10.6. The van der Waals surface area contributed by atoms with Gasteiger partial charge < -0.3 is 5.32 Å². The first-order chi connectivity index (χ1) is 14.4. The van der Waals surface area contributed by atoms with Crippen molar-refractivity contribution < 1.29 is 14.4 Å². The quantitative estimate of drug-likeness (QED) is 0.621. The molecule has 1 aromatic heterocycles. The minimum Gasteiger partial charge on any atom is -0.354 e. The van der Waals surface area contributed by atoms with Crippen LogP contribution < -0.4 is 5.32 Å². The Morgan fingerprint density at radius 1 is 1.03 bits per heavy atom. The summed E-state index contributed by atoms with van der Waals surface area (Å²) in [5, 5.41) is 5.86. The molecular formula is C23H21N3O3S. The van der Waals surface area contributed by atoms with Gasteiger partial charge in [0.2, 0.25) is 5.91 Å². The van der Waals surface area contributed by atoms with Crippen molar-refractivity contribution in [3.8, 4) is 11.3 Å². The molecule has 1 N–H and O–H groups in total. The Labute approximate surface area is 178 Å². The minimum atomic E-state index is -0.419. The summed E-state index contributed by atoms with van der Waals surface area (Å²) in [6.45, 7) is 4.00. The molecule has 2 heterocycles. The maximum absolute atomic E-state index is 12.5. The van der Waals surface area contributed by atoms with Gasteiger partial charge in [-0.1, -0.05) is 35.9 Å². The van der Waals surface area contributed by atoms with Gasteiger partial charge in [-0.25, -0.2) is 4.98 Å². The molecule has 0 saturated carbocycles. The van der Waals surface area contributed by atoms with Crippen LogP contribution in [0.25, 0.3) is 11.3 Å². The summed E-state index contributed by atoms with van der Waals surface area (Å²) >= 11 is 1.62. The van der Waals surface area contributed by atoms with E-state index < -0.39 is 11.8 Å². The third-order valence-corrected chi connectivity index (χ3v) is 5.81. The van der Waals surface area contributed by atoms with Crippen LogP contribution >= 0.6 is 11.3 Å². The molecule has 1 aliphatic rings. The summed E-state index contributed by atoms with van der Waals surface area (Å²) in [6.07, 6.45) is 0.656. The fraction of sp³-hybridized carbons (Fsp3) is 0.217. The van der Waals surface area contributed by atoms with Crippen molar-refractivity contribution in [2.24, 2.45) is 0 Å². The highest BCUT2D eigenvalue weighted by molar-refractivity contribution is 7.09. The number of hydrogen-bond donors (Lipinski definition) is 1. The van der Waals surface area contributed by atoms with Crippen LogP contribution in [0.1, 0.15) is 36.9 Å². The number of carbonyl (C=O) groups is 3. The molecule has 7 heteroatoms. The molecule has 4 rings (SSSR count). The Hall–Kier alpha value is -3.32.